The first-order valence-electron chi connectivity index (χ1n) is 28.2. The zero-order valence-electron chi connectivity index (χ0n) is 48.2. The van der Waals surface area contributed by atoms with E-state index in [-0.39, 0.29) is 22.9 Å². The molecule has 8 aromatic carbocycles. The fourth-order valence-corrected chi connectivity index (χ4v) is 10.4. The van der Waals surface area contributed by atoms with E-state index in [2.05, 4.69) is 24.0 Å². The molecule has 10 aromatic rings. The van der Waals surface area contributed by atoms with Crippen LogP contribution in [0.5, 0.6) is 11.5 Å². The number of para-hydroxylation sites is 3. The lowest BCUT2D eigenvalue weighted by Crippen LogP contribution is -2.36. The van der Waals surface area contributed by atoms with Crippen LogP contribution in [0.15, 0.2) is 213 Å². The Morgan fingerprint density at radius 1 is 0.616 bits per heavy atom. The molecule has 1 aliphatic heterocycles. The molecule has 0 spiro atoms. The number of carbonyl (C=O) groups is 5. The number of ether oxygens (including phenoxy) is 3. The number of nitrogens with zero attached hydrogens (tertiary/aromatic N) is 3. The predicted octanol–water partition coefficient (Wildman–Crippen LogP) is 14.0. The lowest BCUT2D eigenvalue weighted by molar-refractivity contribution is -0.114. The topological polar surface area (TPSA) is 172 Å². The van der Waals surface area contributed by atoms with Crippen LogP contribution >= 0.6 is 11.6 Å². The monoisotopic (exact) mass is 1170 g/mol. The van der Waals surface area contributed by atoms with Gasteiger partial charge in [0, 0.05) is 88.5 Å². The number of amides is 1. The molecule has 86 heavy (non-hydrogen) atoms. The average Bonchev–Trinajstić information content (AvgIpc) is 2.44. The van der Waals surface area contributed by atoms with Gasteiger partial charge in [0.2, 0.25) is 0 Å². The number of primary amides is 1. The van der Waals surface area contributed by atoms with Gasteiger partial charge < -0.3 is 39.1 Å². The van der Waals surface area contributed by atoms with Gasteiger partial charge >= 0.3 is 5.97 Å². The SMILES string of the molecule is CCC(CC(=O)c1ccccc1OC)Cc1ccccc1.COc1ccc(C(=O)Cc2ccc(Cl)cc2N2CCOCC2)cc1.NC(=O)C(=O)c1cn(Cc2ccccc2)c2ccccc12.O=C(O)c1cn(Cc2ccccc2F)c2ccccc12. The quantitative estimate of drug-likeness (QED) is 0.0586. The molecule has 3 N–H and O–H groups in total. The number of halogens is 2. The van der Waals surface area contributed by atoms with E-state index in [9.17, 15) is 33.5 Å². The number of carbonyl (C=O) groups excluding carboxylic acids is 4. The largest absolute Gasteiger partial charge is 0.497 e. The van der Waals surface area contributed by atoms with E-state index < -0.39 is 17.7 Å². The van der Waals surface area contributed by atoms with Crippen molar-refractivity contribution in [2.75, 3.05) is 45.4 Å². The van der Waals surface area contributed by atoms with Gasteiger partial charge in [-0.05, 0) is 95.8 Å². The first kappa shape index (κ1) is 62.4. The Morgan fingerprint density at radius 2 is 1.19 bits per heavy atom. The molecule has 0 radical (unpaired) electrons. The van der Waals surface area contributed by atoms with E-state index in [1.165, 1.54) is 11.6 Å². The van der Waals surface area contributed by atoms with Crippen molar-refractivity contribution >= 4 is 68.3 Å². The van der Waals surface area contributed by atoms with E-state index in [0.717, 1.165) is 64.9 Å². The van der Waals surface area contributed by atoms with Crippen LogP contribution in [0, 0.1) is 11.7 Å². The molecule has 15 heteroatoms. The number of anilines is 1. The number of ketones is 3. The minimum atomic E-state index is -0.978. The highest BCUT2D eigenvalue weighted by molar-refractivity contribution is 6.44. The van der Waals surface area contributed by atoms with Gasteiger partial charge in [-0.1, -0.05) is 158 Å². The van der Waals surface area contributed by atoms with Gasteiger partial charge in [-0.15, -0.1) is 0 Å². The van der Waals surface area contributed by atoms with E-state index in [1.807, 2.05) is 132 Å². The Morgan fingerprint density at radius 3 is 1.80 bits per heavy atom. The molecule has 0 saturated carbocycles. The molecule has 1 atom stereocenters. The van der Waals surface area contributed by atoms with Crippen LogP contribution in [0.3, 0.4) is 0 Å². The molecule has 13 nitrogen and oxygen atoms in total. The fourth-order valence-electron chi connectivity index (χ4n) is 10.2. The number of hydrogen-bond donors (Lipinski definition) is 2. The summed E-state index contributed by atoms with van der Waals surface area (Å²) in [7, 11) is 3.21. The second-order valence-corrected chi connectivity index (χ2v) is 20.9. The number of fused-ring (bicyclic) bond motifs is 2. The predicted molar refractivity (Wildman–Crippen MR) is 337 cm³/mol. The molecule has 3 heterocycles. The summed E-state index contributed by atoms with van der Waals surface area (Å²) in [6, 6.07) is 61.9. The van der Waals surface area contributed by atoms with E-state index in [0.29, 0.717) is 83.5 Å². The van der Waals surface area contributed by atoms with E-state index in [4.69, 9.17) is 31.5 Å². The lowest BCUT2D eigenvalue weighted by atomic mass is 9.90. The molecule has 1 unspecified atom stereocenters. The highest BCUT2D eigenvalue weighted by Gasteiger charge is 2.22. The Balaban J connectivity index is 0.000000149. The van der Waals surface area contributed by atoms with Gasteiger partial charge in [0.15, 0.2) is 11.6 Å². The Bertz CT molecular complexity index is 3920. The van der Waals surface area contributed by atoms with Crippen LogP contribution in [-0.4, -0.2) is 84.0 Å². The number of rotatable bonds is 19. The third-order valence-corrected chi connectivity index (χ3v) is 15.0. The Labute approximate surface area is 504 Å². The summed E-state index contributed by atoms with van der Waals surface area (Å²) in [6.45, 7) is 6.09. The number of aromatic carboxylic acids is 1. The van der Waals surface area contributed by atoms with E-state index in [1.54, 1.807) is 85.8 Å². The van der Waals surface area contributed by atoms with Gasteiger partial charge in [0.05, 0.1) is 50.7 Å². The maximum Gasteiger partial charge on any atom is 0.337 e. The molecular formula is C71H68ClFN4O9. The van der Waals surface area contributed by atoms with Crippen LogP contribution in [-0.2, 0) is 35.5 Å². The van der Waals surface area contributed by atoms with Crippen LogP contribution in [0.2, 0.25) is 5.02 Å². The smallest absolute Gasteiger partial charge is 0.337 e. The summed E-state index contributed by atoms with van der Waals surface area (Å²) in [6.07, 6.45) is 6.10. The maximum atomic E-state index is 13.7. The van der Waals surface area contributed by atoms with Crippen molar-refractivity contribution in [2.45, 2.75) is 45.7 Å². The van der Waals surface area contributed by atoms with Gasteiger partial charge in [-0.25, -0.2) is 9.18 Å². The molecule has 0 aliphatic carbocycles. The van der Waals surface area contributed by atoms with Crippen LogP contribution < -0.4 is 20.1 Å². The molecule has 11 rings (SSSR count). The van der Waals surface area contributed by atoms with Crippen molar-refractivity contribution in [3.05, 3.63) is 268 Å². The van der Waals surface area contributed by atoms with Gasteiger partial charge in [0.1, 0.15) is 17.3 Å². The molecule has 1 aliphatic rings. The number of nitrogens with two attached hydrogens (primary N) is 1. The molecular weight excluding hydrogens is 1110 g/mol. The summed E-state index contributed by atoms with van der Waals surface area (Å²) in [5.41, 5.74) is 13.7. The first-order chi connectivity index (χ1) is 41.7. The van der Waals surface area contributed by atoms with E-state index >= 15 is 0 Å². The number of carboxylic acids is 1. The van der Waals surface area contributed by atoms with Crippen LogP contribution in [0.4, 0.5) is 10.1 Å². The highest BCUT2D eigenvalue weighted by Crippen LogP contribution is 2.29. The molecule has 1 amide bonds. The number of benzene rings is 8. The fraction of sp³-hybridized carbons (Fsp3) is 0.197. The number of hydrogen-bond acceptors (Lipinski definition) is 9. The van der Waals surface area contributed by atoms with Crippen LogP contribution in [0.1, 0.15) is 83.5 Å². The normalized spacial score (nSPS) is 12.1. The zero-order valence-corrected chi connectivity index (χ0v) is 49.0. The Hall–Kier alpha value is -9.63. The molecule has 1 saturated heterocycles. The summed E-state index contributed by atoms with van der Waals surface area (Å²) in [5.74, 6) is -0.843. The van der Waals surface area contributed by atoms with Crippen molar-refractivity contribution in [3.63, 3.8) is 0 Å². The third kappa shape index (κ3) is 16.6. The number of carboxylic acid groups (broad SMARTS) is 1. The van der Waals surface area contributed by atoms with Crippen molar-refractivity contribution in [1.29, 1.82) is 0 Å². The average molecular weight is 1180 g/mol. The number of morpholine rings is 1. The number of methoxy groups -OCH3 is 2. The van der Waals surface area contributed by atoms with Crippen molar-refractivity contribution in [2.24, 2.45) is 11.7 Å². The molecule has 1 fully saturated rings. The first-order valence-corrected chi connectivity index (χ1v) is 28.6. The summed E-state index contributed by atoms with van der Waals surface area (Å²) >= 11 is 6.17. The number of Topliss-reactive ketones (excluding diaryl/α,β-unsaturated/α-hetero) is 3. The molecule has 0 bridgehead atoms. The van der Waals surface area contributed by atoms with Gasteiger partial charge in [-0.2, -0.15) is 0 Å². The second kappa shape index (κ2) is 30.8. The minimum Gasteiger partial charge on any atom is -0.497 e. The minimum absolute atomic E-state index is 0.0782. The van der Waals surface area contributed by atoms with Gasteiger partial charge in [-0.3, -0.25) is 19.2 Å². The summed E-state index contributed by atoms with van der Waals surface area (Å²) in [4.78, 5) is 61.7. The number of aromatic nitrogens is 2. The Kier molecular flexibility index (Phi) is 22.3. The molecule has 440 valence electrons. The van der Waals surface area contributed by atoms with Crippen molar-refractivity contribution < 1.29 is 47.7 Å². The highest BCUT2D eigenvalue weighted by atomic mass is 35.5. The van der Waals surface area contributed by atoms with Gasteiger partial charge in [0.25, 0.3) is 11.7 Å². The maximum absolute atomic E-state index is 13.7. The molecule has 2 aromatic heterocycles. The second-order valence-electron chi connectivity index (χ2n) is 20.4. The lowest BCUT2D eigenvalue weighted by Gasteiger charge is -2.30. The summed E-state index contributed by atoms with van der Waals surface area (Å²) in [5, 5.41) is 11.3. The third-order valence-electron chi connectivity index (χ3n) is 14.8. The summed E-state index contributed by atoms with van der Waals surface area (Å²) < 4.78 is 33.3. The standard InChI is InChI=1S/C19H20ClNO3.C19H22O2.C17H14N2O2.C16H12FNO2/c1-23-17-6-3-14(4-7-17)19(22)12-15-2-5-16(20)13-18(15)21-8-10-24-11-9-21;1-3-15(13-16-9-5-4-6-10-16)14-18(20)17-11-7-8-12-19(17)21-2;18-17(21)16(20)14-11-19(10-12-6-2-1-3-7-12)15-9-5-4-8-13(14)15;17-14-7-3-1-5-11(14)9-18-10-13(16(19)20)12-6-2-4-8-15(12)18/h2-7,13H,8-12H2,1H3;4-12,15H,3,13-14H2,1-2H3;1-9,11H,10H2,(H2,18,21);1-8,10H,9H2,(H,19,20). The zero-order chi connectivity index (χ0) is 61.0. The van der Waals surface area contributed by atoms with Crippen molar-refractivity contribution in [3.8, 4) is 11.5 Å². The van der Waals surface area contributed by atoms with Crippen molar-refractivity contribution in [1.82, 2.24) is 9.13 Å². The van der Waals surface area contributed by atoms with Crippen LogP contribution in [0.25, 0.3) is 21.8 Å².